The number of carbonyl (C=O) groups excluding carboxylic acids is 3. The molecule has 8 heteroatoms. The van der Waals surface area contributed by atoms with Gasteiger partial charge >= 0.3 is 0 Å². The highest BCUT2D eigenvalue weighted by Crippen LogP contribution is 2.63. The lowest BCUT2D eigenvalue weighted by Crippen LogP contribution is -2.61. The highest BCUT2D eigenvalue weighted by molar-refractivity contribution is 5.99. The number of likely N-dealkylation sites (tertiary alicyclic amines) is 1. The van der Waals surface area contributed by atoms with Crippen LogP contribution in [0.15, 0.2) is 25.3 Å². The molecule has 3 aliphatic heterocycles. The van der Waals surface area contributed by atoms with Crippen LogP contribution in [0.2, 0.25) is 0 Å². The van der Waals surface area contributed by atoms with Crippen LogP contribution in [0.3, 0.4) is 0 Å². The van der Waals surface area contributed by atoms with E-state index in [1.165, 1.54) is 0 Å². The summed E-state index contributed by atoms with van der Waals surface area (Å²) in [6.45, 7) is 20.9. The number of hydrogen-bond acceptors (Lipinski definition) is 5. The van der Waals surface area contributed by atoms with Gasteiger partial charge in [-0.25, -0.2) is 0 Å². The standard InChI is InChI=1S/C29H47N3O5/c1-10-15-30(9)23(34)20-21-24(35)31(17-12-18-33)22(29(21)14-13-28(20,8)37-29)25(36)32(16-11-2)27(6,7)19-26(3,4)5/h10-11,20-22,33H,1-2,12-19H2,3-9H3/t20-,21+,22?,28+,29?/m1/s1. The molecule has 1 N–H and O–H groups in total. The van der Waals surface area contributed by atoms with E-state index in [2.05, 4.69) is 47.8 Å². The first-order valence-corrected chi connectivity index (χ1v) is 13.5. The average molecular weight is 518 g/mol. The van der Waals surface area contributed by atoms with Crippen LogP contribution in [0.5, 0.6) is 0 Å². The van der Waals surface area contributed by atoms with Gasteiger partial charge in [0.05, 0.1) is 17.4 Å². The number of aliphatic hydroxyl groups excluding tert-OH is 1. The number of likely N-dealkylation sites (N-methyl/N-ethyl adjacent to an activating group) is 1. The zero-order valence-electron chi connectivity index (χ0n) is 23.9. The second kappa shape index (κ2) is 10.2. The van der Waals surface area contributed by atoms with Gasteiger partial charge in [0.1, 0.15) is 11.6 Å². The van der Waals surface area contributed by atoms with Gasteiger partial charge in [0.25, 0.3) is 0 Å². The van der Waals surface area contributed by atoms with Gasteiger partial charge in [0, 0.05) is 38.8 Å². The smallest absolute Gasteiger partial charge is 0.249 e. The van der Waals surface area contributed by atoms with Crippen LogP contribution < -0.4 is 0 Å². The molecule has 0 aliphatic carbocycles. The largest absolute Gasteiger partial charge is 0.396 e. The summed E-state index contributed by atoms with van der Waals surface area (Å²) >= 11 is 0. The van der Waals surface area contributed by atoms with Gasteiger partial charge in [-0.2, -0.15) is 0 Å². The molecule has 8 nitrogen and oxygen atoms in total. The van der Waals surface area contributed by atoms with Crippen LogP contribution in [-0.2, 0) is 19.1 Å². The van der Waals surface area contributed by atoms with Crippen LogP contribution in [0.1, 0.15) is 67.2 Å². The Morgan fingerprint density at radius 1 is 1.14 bits per heavy atom. The average Bonchev–Trinajstić information content (AvgIpc) is 3.34. The SMILES string of the molecule is C=CCN(C)C(=O)[C@H]1[C@H]2C(=O)N(CCCO)C(C(=O)N(CC=C)C(C)(C)CC(C)(C)C)C23CC[C@]1(C)O3. The molecule has 3 heterocycles. The number of hydrogen-bond donors (Lipinski definition) is 1. The van der Waals surface area contributed by atoms with Crippen molar-refractivity contribution >= 4 is 17.7 Å². The van der Waals surface area contributed by atoms with Crippen molar-refractivity contribution in [1.29, 1.82) is 0 Å². The summed E-state index contributed by atoms with van der Waals surface area (Å²) < 4.78 is 6.72. The van der Waals surface area contributed by atoms with Crippen molar-refractivity contribution < 1.29 is 24.2 Å². The Labute approximate surface area is 222 Å². The van der Waals surface area contributed by atoms with E-state index in [-0.39, 0.29) is 36.3 Å². The normalized spacial score (nSPS) is 30.9. The van der Waals surface area contributed by atoms with E-state index < -0.39 is 34.6 Å². The molecular weight excluding hydrogens is 470 g/mol. The second-order valence-corrected chi connectivity index (χ2v) is 13.1. The monoisotopic (exact) mass is 517 g/mol. The molecule has 2 unspecified atom stereocenters. The van der Waals surface area contributed by atoms with E-state index in [1.54, 1.807) is 29.0 Å². The molecule has 3 fully saturated rings. The van der Waals surface area contributed by atoms with Crippen LogP contribution in [-0.4, -0.2) is 93.6 Å². The molecule has 0 aromatic heterocycles. The first-order valence-electron chi connectivity index (χ1n) is 13.5. The van der Waals surface area contributed by atoms with Crippen molar-refractivity contribution in [3.63, 3.8) is 0 Å². The Morgan fingerprint density at radius 2 is 1.76 bits per heavy atom. The number of aliphatic hydroxyl groups is 1. The molecule has 3 rings (SSSR count). The van der Waals surface area contributed by atoms with Gasteiger partial charge in [-0.05, 0) is 51.9 Å². The van der Waals surface area contributed by atoms with E-state index in [9.17, 15) is 19.5 Å². The summed E-state index contributed by atoms with van der Waals surface area (Å²) in [7, 11) is 1.71. The number of amides is 3. The van der Waals surface area contributed by atoms with Crippen molar-refractivity contribution in [1.82, 2.24) is 14.7 Å². The number of rotatable bonds is 11. The Balaban J connectivity index is 2.10. The summed E-state index contributed by atoms with van der Waals surface area (Å²) in [6, 6.07) is -0.861. The quantitative estimate of drug-likeness (QED) is 0.426. The Bertz CT molecular complexity index is 940. The Morgan fingerprint density at radius 3 is 2.30 bits per heavy atom. The molecule has 1 spiro atoms. The maximum atomic E-state index is 14.6. The molecule has 5 atom stereocenters. The number of fused-ring (bicyclic) bond motifs is 1. The third-order valence-corrected chi connectivity index (χ3v) is 8.38. The van der Waals surface area contributed by atoms with Gasteiger partial charge in [0.15, 0.2) is 0 Å². The van der Waals surface area contributed by atoms with E-state index in [1.807, 2.05) is 11.8 Å². The molecule has 3 amide bonds. The number of ether oxygens (including phenoxy) is 1. The third-order valence-electron chi connectivity index (χ3n) is 8.38. The van der Waals surface area contributed by atoms with E-state index in [0.29, 0.717) is 32.4 Å². The summed E-state index contributed by atoms with van der Waals surface area (Å²) in [5.41, 5.74) is -2.44. The van der Waals surface area contributed by atoms with E-state index in [4.69, 9.17) is 4.74 Å². The van der Waals surface area contributed by atoms with Crippen LogP contribution in [0.4, 0.5) is 0 Å². The third kappa shape index (κ3) is 4.99. The Hall–Kier alpha value is -2.19. The zero-order chi connectivity index (χ0) is 28.0. The van der Waals surface area contributed by atoms with Crippen molar-refractivity contribution in [2.24, 2.45) is 17.3 Å². The van der Waals surface area contributed by atoms with Crippen molar-refractivity contribution in [2.45, 2.75) is 90.0 Å². The summed E-state index contributed by atoms with van der Waals surface area (Å²) in [4.78, 5) is 47.3. The minimum absolute atomic E-state index is 0.0326. The fraction of sp³-hybridized carbons (Fsp3) is 0.759. The lowest BCUT2D eigenvalue weighted by Gasteiger charge is -2.45. The van der Waals surface area contributed by atoms with Gasteiger partial charge in [0.2, 0.25) is 17.7 Å². The molecular formula is C29H47N3O5. The van der Waals surface area contributed by atoms with Crippen LogP contribution in [0.25, 0.3) is 0 Å². The first-order chi connectivity index (χ1) is 17.1. The van der Waals surface area contributed by atoms with Crippen LogP contribution >= 0.6 is 0 Å². The highest BCUT2D eigenvalue weighted by atomic mass is 16.5. The van der Waals surface area contributed by atoms with Gasteiger partial charge in [-0.3, -0.25) is 14.4 Å². The first kappa shape index (κ1) is 29.4. The Kier molecular flexibility index (Phi) is 8.08. The van der Waals surface area contributed by atoms with Crippen LogP contribution in [0, 0.1) is 17.3 Å². The fourth-order valence-corrected chi connectivity index (χ4v) is 7.39. The molecule has 3 saturated heterocycles. The number of carbonyl (C=O) groups is 3. The molecule has 3 aliphatic rings. The van der Waals surface area contributed by atoms with Gasteiger partial charge in [-0.1, -0.05) is 32.9 Å². The molecule has 208 valence electrons. The highest BCUT2D eigenvalue weighted by Gasteiger charge is 2.78. The van der Waals surface area contributed by atoms with Gasteiger partial charge in [-0.15, -0.1) is 13.2 Å². The zero-order valence-corrected chi connectivity index (χ0v) is 23.9. The predicted octanol–water partition coefficient (Wildman–Crippen LogP) is 3.01. The predicted molar refractivity (Wildman–Crippen MR) is 144 cm³/mol. The van der Waals surface area contributed by atoms with E-state index in [0.717, 1.165) is 6.42 Å². The minimum atomic E-state index is -1.08. The summed E-state index contributed by atoms with van der Waals surface area (Å²) in [5.74, 6) is -1.99. The minimum Gasteiger partial charge on any atom is -0.396 e. The van der Waals surface area contributed by atoms with Crippen molar-refractivity contribution in [2.75, 3.05) is 33.3 Å². The fourth-order valence-electron chi connectivity index (χ4n) is 7.39. The summed E-state index contributed by atoms with van der Waals surface area (Å²) in [5, 5.41) is 9.59. The molecule has 0 aromatic carbocycles. The molecule has 0 saturated carbocycles. The maximum Gasteiger partial charge on any atom is 0.249 e. The van der Waals surface area contributed by atoms with Crippen molar-refractivity contribution in [3.05, 3.63) is 25.3 Å². The lowest BCUT2D eigenvalue weighted by atomic mass is 9.66. The molecule has 2 bridgehead atoms. The topological polar surface area (TPSA) is 90.4 Å². The second-order valence-electron chi connectivity index (χ2n) is 13.1. The molecule has 0 radical (unpaired) electrons. The molecule has 37 heavy (non-hydrogen) atoms. The molecule has 0 aromatic rings. The maximum absolute atomic E-state index is 14.6. The number of nitrogens with zero attached hydrogens (tertiary/aromatic N) is 3. The van der Waals surface area contributed by atoms with Gasteiger partial charge < -0.3 is 24.5 Å². The lowest BCUT2D eigenvalue weighted by molar-refractivity contribution is -0.156. The summed E-state index contributed by atoms with van der Waals surface area (Å²) in [6.07, 6.45) is 5.60. The van der Waals surface area contributed by atoms with E-state index >= 15 is 0 Å². The van der Waals surface area contributed by atoms with Crippen molar-refractivity contribution in [3.8, 4) is 0 Å².